The summed E-state index contributed by atoms with van der Waals surface area (Å²) in [5.74, 6) is 0. The number of nitrogens with zero attached hydrogens (tertiary/aromatic N) is 2. The van der Waals surface area contributed by atoms with Gasteiger partial charge >= 0.3 is 6.85 Å². The molecule has 1 saturated carbocycles. The summed E-state index contributed by atoms with van der Waals surface area (Å²) in [6.07, 6.45) is 4.83. The van der Waals surface area contributed by atoms with Crippen LogP contribution >= 0.6 is 11.3 Å². The maximum atomic E-state index is 7.25. The van der Waals surface area contributed by atoms with Crippen molar-refractivity contribution in [3.05, 3.63) is 144 Å². The van der Waals surface area contributed by atoms with Gasteiger partial charge in [0.05, 0.1) is 5.69 Å². The topological polar surface area (TPSA) is 19.6 Å². The van der Waals surface area contributed by atoms with E-state index in [0.717, 1.165) is 17.6 Å². The summed E-state index contributed by atoms with van der Waals surface area (Å²) in [6.45, 7) is 19.4. The highest BCUT2D eigenvalue weighted by Gasteiger charge is 2.63. The van der Waals surface area contributed by atoms with E-state index < -0.39 is 0 Å². The minimum Gasteiger partial charge on any atom is -0.455 e. The van der Waals surface area contributed by atoms with E-state index in [1.807, 2.05) is 11.3 Å². The average molecular weight is 837 g/mol. The van der Waals surface area contributed by atoms with Crippen LogP contribution in [0.1, 0.15) is 97.8 Å². The average Bonchev–Trinajstić information content (AvgIpc) is 3.91. The van der Waals surface area contributed by atoms with Crippen LogP contribution in [-0.4, -0.2) is 12.4 Å². The van der Waals surface area contributed by atoms with Gasteiger partial charge in [-0.3, -0.25) is 0 Å². The lowest BCUT2D eigenvalue weighted by atomic mass is 9.42. The minimum atomic E-state index is -0.108. The van der Waals surface area contributed by atoms with Gasteiger partial charge in [-0.1, -0.05) is 146 Å². The van der Waals surface area contributed by atoms with E-state index in [-0.39, 0.29) is 28.6 Å². The normalized spacial score (nSPS) is 20.2. The molecule has 0 bridgehead atoms. The Balaban J connectivity index is 1.25. The van der Waals surface area contributed by atoms with Crippen molar-refractivity contribution in [3.8, 4) is 22.3 Å². The molecular formula is C58H53BN2OS. The molecule has 3 nitrogen and oxygen atoms in total. The monoisotopic (exact) mass is 836 g/mol. The summed E-state index contributed by atoms with van der Waals surface area (Å²) >= 11 is 1.98. The van der Waals surface area contributed by atoms with E-state index in [9.17, 15) is 0 Å². The van der Waals surface area contributed by atoms with Crippen molar-refractivity contribution in [3.63, 3.8) is 0 Å². The predicted molar refractivity (Wildman–Crippen MR) is 271 cm³/mol. The fraction of sp³-hybridized carbons (Fsp3) is 0.276. The molecular weight excluding hydrogens is 784 g/mol. The van der Waals surface area contributed by atoms with E-state index in [2.05, 4.69) is 192 Å². The quantitative estimate of drug-likeness (QED) is 0.162. The van der Waals surface area contributed by atoms with Gasteiger partial charge in [0.25, 0.3) is 0 Å². The summed E-state index contributed by atoms with van der Waals surface area (Å²) in [5, 5.41) is 5.03. The number of thiophene rings is 1. The molecule has 2 unspecified atom stereocenters. The number of benzene rings is 7. The van der Waals surface area contributed by atoms with Crippen molar-refractivity contribution in [1.82, 2.24) is 0 Å². The van der Waals surface area contributed by atoms with Crippen LogP contribution in [0.3, 0.4) is 0 Å². The second-order valence-electron chi connectivity index (χ2n) is 21.6. The maximum Gasteiger partial charge on any atom is 0.330 e. The van der Waals surface area contributed by atoms with Crippen LogP contribution in [0.5, 0.6) is 0 Å². The van der Waals surface area contributed by atoms with Gasteiger partial charge in [0.1, 0.15) is 11.2 Å². The molecule has 5 heterocycles. The lowest BCUT2D eigenvalue weighted by Crippen LogP contribution is -2.70. The number of hydrogen-bond acceptors (Lipinski definition) is 4. The van der Waals surface area contributed by atoms with Crippen LogP contribution in [0.15, 0.2) is 132 Å². The second-order valence-corrected chi connectivity index (χ2v) is 22.6. The number of para-hydroxylation sites is 1. The molecule has 0 spiro atoms. The zero-order chi connectivity index (χ0) is 42.9. The Morgan fingerprint density at radius 2 is 1.30 bits per heavy atom. The number of anilines is 4. The molecule has 0 N–H and O–H groups in total. The van der Waals surface area contributed by atoms with Crippen molar-refractivity contribution in [2.24, 2.45) is 0 Å². The molecule has 0 radical (unpaired) electrons. The van der Waals surface area contributed by atoms with Crippen LogP contribution in [0.25, 0.3) is 64.4 Å². The van der Waals surface area contributed by atoms with Crippen LogP contribution in [-0.2, 0) is 16.2 Å². The fourth-order valence-corrected chi connectivity index (χ4v) is 13.9. The van der Waals surface area contributed by atoms with Crippen LogP contribution in [0.2, 0.25) is 0 Å². The standard InChI is InChI=1S/C58H53BN2OS/c1-55(2,3)35-24-26-44(40(30-35)34-18-10-9-11-19-34)60-45-27-25-39-38-21-13-15-23-48(38)63-54(39)51(45)59-50-46(60)33-41-37-20-12-14-22-47(37)62-53(41)49(50)42-31-36(56(4,5)6)32-43-52(42)61(59)58(8)29-17-16-28-57(43,58)7/h9-15,18-27,30-33H,16-17,28-29H2,1-8H3. The Labute approximate surface area is 375 Å². The van der Waals surface area contributed by atoms with E-state index in [0.29, 0.717) is 0 Å². The summed E-state index contributed by atoms with van der Waals surface area (Å²) in [6, 6.07) is 48.7. The van der Waals surface area contributed by atoms with Crippen molar-refractivity contribution >= 4 is 94.0 Å². The summed E-state index contributed by atoms with van der Waals surface area (Å²) in [5.41, 5.74) is 19.1. The van der Waals surface area contributed by atoms with Gasteiger partial charge in [-0.05, 0) is 106 Å². The fourth-order valence-electron chi connectivity index (χ4n) is 12.6. The van der Waals surface area contributed by atoms with Gasteiger partial charge in [0.2, 0.25) is 0 Å². The molecule has 3 aliphatic heterocycles. The van der Waals surface area contributed by atoms with Gasteiger partial charge in [-0.2, -0.15) is 0 Å². The molecule has 0 saturated heterocycles. The summed E-state index contributed by atoms with van der Waals surface area (Å²) in [7, 11) is 0. The molecule has 0 amide bonds. The van der Waals surface area contributed by atoms with Crippen LogP contribution in [0.4, 0.5) is 22.7 Å². The zero-order valence-electron chi connectivity index (χ0n) is 37.7. The van der Waals surface area contributed by atoms with Crippen LogP contribution < -0.4 is 20.6 Å². The van der Waals surface area contributed by atoms with Crippen molar-refractivity contribution < 1.29 is 4.42 Å². The molecule has 1 aliphatic carbocycles. The molecule has 1 fully saturated rings. The first-order valence-corrected chi connectivity index (χ1v) is 24.0. The molecule has 310 valence electrons. The van der Waals surface area contributed by atoms with Crippen LogP contribution in [0, 0.1) is 0 Å². The summed E-state index contributed by atoms with van der Waals surface area (Å²) in [4.78, 5) is 5.66. The van der Waals surface area contributed by atoms with Crippen molar-refractivity contribution in [1.29, 1.82) is 0 Å². The predicted octanol–water partition coefficient (Wildman–Crippen LogP) is 15.2. The maximum absolute atomic E-state index is 7.25. The van der Waals surface area contributed by atoms with Gasteiger partial charge in [-0.25, -0.2) is 0 Å². The Morgan fingerprint density at radius 1 is 0.603 bits per heavy atom. The third-order valence-electron chi connectivity index (χ3n) is 16.1. The molecule has 13 rings (SSSR count). The number of rotatable bonds is 2. The Bertz CT molecular complexity index is 3440. The molecule has 9 aromatic rings. The molecule has 2 aromatic heterocycles. The first kappa shape index (κ1) is 37.8. The van der Waals surface area contributed by atoms with E-state index in [1.165, 1.54) is 123 Å². The largest absolute Gasteiger partial charge is 0.455 e. The highest BCUT2D eigenvalue weighted by atomic mass is 32.1. The highest BCUT2D eigenvalue weighted by molar-refractivity contribution is 7.27. The molecule has 63 heavy (non-hydrogen) atoms. The molecule has 7 aromatic carbocycles. The Kier molecular flexibility index (Phi) is 7.48. The lowest BCUT2D eigenvalue weighted by Gasteiger charge is -2.55. The number of hydrogen-bond donors (Lipinski definition) is 0. The number of fused-ring (bicyclic) bond motifs is 15. The van der Waals surface area contributed by atoms with E-state index in [4.69, 9.17) is 4.42 Å². The summed E-state index contributed by atoms with van der Waals surface area (Å²) < 4.78 is 9.98. The first-order valence-electron chi connectivity index (χ1n) is 23.2. The SMILES string of the molecule is CC(C)(C)c1ccc(N2c3cc4c(oc5ccccc54)c4c3B(c3c2ccc2c3sc3ccccc32)N2c3c-4cc(C(C)(C)C)cc3C3(C)CCCCC23C)c(-c2ccccc2)c1. The van der Waals surface area contributed by atoms with Gasteiger partial charge < -0.3 is 14.1 Å². The molecule has 5 heteroatoms. The number of furan rings is 1. The third-order valence-corrected chi connectivity index (χ3v) is 17.3. The van der Waals surface area contributed by atoms with Crippen molar-refractivity contribution in [2.45, 2.75) is 103 Å². The zero-order valence-corrected chi connectivity index (χ0v) is 38.6. The third kappa shape index (κ3) is 4.87. The van der Waals surface area contributed by atoms with Gasteiger partial charge in [0.15, 0.2) is 0 Å². The molecule has 2 atom stereocenters. The van der Waals surface area contributed by atoms with Crippen molar-refractivity contribution in [2.75, 3.05) is 9.71 Å². The first-order chi connectivity index (χ1) is 30.3. The lowest BCUT2D eigenvalue weighted by molar-refractivity contribution is 0.199. The Hall–Kier alpha value is -5.78. The highest BCUT2D eigenvalue weighted by Crippen LogP contribution is 2.64. The van der Waals surface area contributed by atoms with Gasteiger partial charge in [0, 0.05) is 75.7 Å². The smallest absolute Gasteiger partial charge is 0.330 e. The molecule has 4 aliphatic rings. The van der Waals surface area contributed by atoms with E-state index in [1.54, 1.807) is 0 Å². The minimum absolute atomic E-state index is 0.0198. The second kappa shape index (κ2) is 12.5. The van der Waals surface area contributed by atoms with E-state index >= 15 is 0 Å². The van der Waals surface area contributed by atoms with Gasteiger partial charge in [-0.15, -0.1) is 11.3 Å². The Morgan fingerprint density at radius 3 is 2.10 bits per heavy atom.